The van der Waals surface area contributed by atoms with Crippen LogP contribution in [-0.4, -0.2) is 16.9 Å². The van der Waals surface area contributed by atoms with Crippen LogP contribution >= 0.6 is 0 Å². The average molecular weight is 354 g/mol. The van der Waals surface area contributed by atoms with Gasteiger partial charge in [-0.05, 0) is 41.8 Å². The zero-order valence-electron chi connectivity index (χ0n) is 15.5. The third-order valence-electron chi connectivity index (χ3n) is 4.34. The van der Waals surface area contributed by atoms with E-state index in [1.807, 2.05) is 57.2 Å². The quantitative estimate of drug-likeness (QED) is 0.712. The molecule has 0 bridgehead atoms. The molecule has 6 heteroatoms. The second-order valence-corrected chi connectivity index (χ2v) is 6.78. The van der Waals surface area contributed by atoms with Gasteiger partial charge in [0.05, 0.1) is 0 Å². The molecular formula is C20H26N4O2. The summed E-state index contributed by atoms with van der Waals surface area (Å²) in [5.41, 5.74) is 2.20. The van der Waals surface area contributed by atoms with Gasteiger partial charge in [-0.25, -0.2) is 4.79 Å². The Morgan fingerprint density at radius 1 is 1.00 bits per heavy atom. The minimum atomic E-state index is -0.386. The van der Waals surface area contributed by atoms with Crippen molar-refractivity contribution in [3.05, 3.63) is 59.9 Å². The number of hydrogen-bond donors (Lipinski definition) is 3. The molecule has 2 aromatic rings. The van der Waals surface area contributed by atoms with Crippen LogP contribution in [-0.2, 0) is 17.9 Å². The maximum atomic E-state index is 12.2. The molecule has 0 spiro atoms. The molecule has 0 aliphatic carbocycles. The highest BCUT2D eigenvalue weighted by Crippen LogP contribution is 2.20. The molecule has 3 amide bonds. The van der Waals surface area contributed by atoms with Crippen LogP contribution in [0.15, 0.2) is 48.8 Å². The van der Waals surface area contributed by atoms with E-state index in [-0.39, 0.29) is 17.4 Å². The molecule has 26 heavy (non-hydrogen) atoms. The maximum Gasteiger partial charge on any atom is 0.319 e. The third-order valence-corrected chi connectivity index (χ3v) is 4.34. The van der Waals surface area contributed by atoms with E-state index in [0.29, 0.717) is 18.8 Å². The molecule has 0 saturated carbocycles. The molecule has 0 fully saturated rings. The second-order valence-electron chi connectivity index (χ2n) is 6.78. The van der Waals surface area contributed by atoms with E-state index in [9.17, 15) is 9.59 Å². The van der Waals surface area contributed by atoms with Gasteiger partial charge < -0.3 is 16.0 Å². The monoisotopic (exact) mass is 354 g/mol. The lowest BCUT2D eigenvalue weighted by Crippen LogP contribution is -2.36. The number of nitrogens with zero attached hydrogens (tertiary/aromatic N) is 1. The maximum absolute atomic E-state index is 12.2. The molecule has 0 atom stereocenters. The van der Waals surface area contributed by atoms with Crippen molar-refractivity contribution in [2.75, 3.05) is 5.32 Å². The Hall–Kier alpha value is -2.89. The summed E-state index contributed by atoms with van der Waals surface area (Å²) in [5.74, 6) is 0.0217. The normalized spacial score (nSPS) is 10.9. The molecule has 1 heterocycles. The Kier molecular flexibility index (Phi) is 6.72. The van der Waals surface area contributed by atoms with Crippen LogP contribution in [0.1, 0.15) is 38.3 Å². The van der Waals surface area contributed by atoms with E-state index in [2.05, 4.69) is 20.9 Å². The highest BCUT2D eigenvalue weighted by molar-refractivity contribution is 5.89. The largest absolute Gasteiger partial charge is 0.352 e. The second kappa shape index (κ2) is 8.99. The van der Waals surface area contributed by atoms with Gasteiger partial charge in [-0.2, -0.15) is 0 Å². The minimum absolute atomic E-state index is 0.0217. The lowest BCUT2D eigenvalue weighted by atomic mass is 9.89. The van der Waals surface area contributed by atoms with Gasteiger partial charge in [0.25, 0.3) is 0 Å². The summed E-state index contributed by atoms with van der Waals surface area (Å²) in [6.45, 7) is 6.70. The number of hydrogen-bond acceptors (Lipinski definition) is 3. The molecule has 0 unspecified atom stereocenters. The molecule has 0 aliphatic heterocycles. The highest BCUT2D eigenvalue weighted by atomic mass is 16.2. The average Bonchev–Trinajstić information content (AvgIpc) is 2.65. The van der Waals surface area contributed by atoms with Crippen molar-refractivity contribution in [3.8, 4) is 0 Å². The number of benzene rings is 1. The van der Waals surface area contributed by atoms with Gasteiger partial charge in [0.2, 0.25) is 5.91 Å². The standard InChI is InChI=1S/C20H26N4O2/c1-4-20(2,3)18(25)22-14-16-6-5-7-17(12-16)24-19(26)23-13-15-8-10-21-11-9-15/h5-12H,4,13-14H2,1-3H3,(H,22,25)(H2,23,24,26). The Morgan fingerprint density at radius 3 is 2.38 bits per heavy atom. The van der Waals surface area contributed by atoms with Crippen molar-refractivity contribution >= 4 is 17.6 Å². The molecule has 1 aromatic heterocycles. The number of anilines is 1. The molecule has 138 valence electrons. The van der Waals surface area contributed by atoms with E-state index < -0.39 is 0 Å². The van der Waals surface area contributed by atoms with Crippen LogP contribution in [0, 0.1) is 5.41 Å². The fraction of sp³-hybridized carbons (Fsp3) is 0.350. The van der Waals surface area contributed by atoms with Crippen molar-refractivity contribution < 1.29 is 9.59 Å². The molecule has 3 N–H and O–H groups in total. The Bertz CT molecular complexity index is 744. The van der Waals surface area contributed by atoms with Gasteiger partial charge in [-0.15, -0.1) is 0 Å². The first-order valence-electron chi connectivity index (χ1n) is 8.71. The van der Waals surface area contributed by atoms with Gasteiger partial charge >= 0.3 is 6.03 Å². The fourth-order valence-electron chi connectivity index (χ4n) is 2.20. The van der Waals surface area contributed by atoms with Gasteiger partial charge in [-0.3, -0.25) is 9.78 Å². The SMILES string of the molecule is CCC(C)(C)C(=O)NCc1cccc(NC(=O)NCc2ccncc2)c1. The summed E-state index contributed by atoms with van der Waals surface area (Å²) in [6, 6.07) is 10.8. The van der Waals surface area contributed by atoms with Crippen LogP contribution in [0.4, 0.5) is 10.5 Å². The van der Waals surface area contributed by atoms with Gasteiger partial charge in [0.1, 0.15) is 0 Å². The van der Waals surface area contributed by atoms with Crippen LogP contribution in [0.25, 0.3) is 0 Å². The predicted molar refractivity (Wildman–Crippen MR) is 102 cm³/mol. The number of amides is 3. The summed E-state index contributed by atoms with van der Waals surface area (Å²) in [5, 5.41) is 8.54. The summed E-state index contributed by atoms with van der Waals surface area (Å²) < 4.78 is 0. The number of pyridine rings is 1. The lowest BCUT2D eigenvalue weighted by molar-refractivity contribution is -0.129. The Balaban J connectivity index is 1.86. The summed E-state index contributed by atoms with van der Waals surface area (Å²) in [4.78, 5) is 28.1. The van der Waals surface area contributed by atoms with Crippen LogP contribution in [0.2, 0.25) is 0 Å². The van der Waals surface area contributed by atoms with Gasteiger partial charge in [0, 0.05) is 36.6 Å². The zero-order chi connectivity index (χ0) is 19.0. The fourth-order valence-corrected chi connectivity index (χ4v) is 2.20. The van der Waals surface area contributed by atoms with Crippen molar-refractivity contribution in [2.45, 2.75) is 40.3 Å². The number of aromatic nitrogens is 1. The van der Waals surface area contributed by atoms with Gasteiger partial charge in [-0.1, -0.05) is 32.9 Å². The van der Waals surface area contributed by atoms with E-state index in [4.69, 9.17) is 0 Å². The van der Waals surface area contributed by atoms with E-state index >= 15 is 0 Å². The minimum Gasteiger partial charge on any atom is -0.352 e. The third kappa shape index (κ3) is 5.88. The summed E-state index contributed by atoms with van der Waals surface area (Å²) in [6.07, 6.45) is 4.15. The summed E-state index contributed by atoms with van der Waals surface area (Å²) >= 11 is 0. The molecule has 0 radical (unpaired) electrons. The number of urea groups is 1. The van der Waals surface area contributed by atoms with Crippen LogP contribution in [0.3, 0.4) is 0 Å². The van der Waals surface area contributed by atoms with Crippen LogP contribution < -0.4 is 16.0 Å². The van der Waals surface area contributed by atoms with E-state index in [1.165, 1.54) is 0 Å². The number of carbonyl (C=O) groups excluding carboxylic acids is 2. The first kappa shape index (κ1) is 19.4. The summed E-state index contributed by atoms with van der Waals surface area (Å²) in [7, 11) is 0. The number of rotatable bonds is 7. The van der Waals surface area contributed by atoms with E-state index in [1.54, 1.807) is 12.4 Å². The zero-order valence-corrected chi connectivity index (χ0v) is 15.5. The van der Waals surface area contributed by atoms with Crippen molar-refractivity contribution in [1.82, 2.24) is 15.6 Å². The molecule has 6 nitrogen and oxygen atoms in total. The number of nitrogens with one attached hydrogen (secondary N) is 3. The molecule has 0 aliphatic rings. The smallest absolute Gasteiger partial charge is 0.319 e. The topological polar surface area (TPSA) is 83.1 Å². The van der Waals surface area contributed by atoms with Crippen LogP contribution in [0.5, 0.6) is 0 Å². The number of carbonyl (C=O) groups is 2. The molecule has 2 rings (SSSR count). The van der Waals surface area contributed by atoms with Crippen molar-refractivity contribution in [3.63, 3.8) is 0 Å². The first-order chi connectivity index (χ1) is 12.4. The van der Waals surface area contributed by atoms with Gasteiger partial charge in [0.15, 0.2) is 0 Å². The molecule has 0 saturated heterocycles. The molecule has 1 aromatic carbocycles. The van der Waals surface area contributed by atoms with E-state index in [0.717, 1.165) is 17.5 Å². The predicted octanol–water partition coefficient (Wildman–Crippen LogP) is 3.46. The van der Waals surface area contributed by atoms with Crippen molar-refractivity contribution in [2.24, 2.45) is 5.41 Å². The Morgan fingerprint density at radius 2 is 1.69 bits per heavy atom. The Labute approximate surface area is 154 Å². The van der Waals surface area contributed by atoms with Crippen molar-refractivity contribution in [1.29, 1.82) is 0 Å². The first-order valence-corrected chi connectivity index (χ1v) is 8.71. The molecular weight excluding hydrogens is 328 g/mol. The lowest BCUT2D eigenvalue weighted by Gasteiger charge is -2.21. The highest BCUT2D eigenvalue weighted by Gasteiger charge is 2.24.